The molecule has 0 amide bonds. The number of rotatable bonds is 3. The molecule has 0 aromatic heterocycles. The summed E-state index contributed by atoms with van der Waals surface area (Å²) in [5, 5.41) is 9.21. The van der Waals surface area contributed by atoms with E-state index in [1.54, 1.807) is 30.3 Å². The lowest BCUT2D eigenvalue weighted by Crippen LogP contribution is -2.44. The van der Waals surface area contributed by atoms with Crippen molar-refractivity contribution in [2.45, 2.75) is 22.5 Å². The second-order valence-corrected chi connectivity index (χ2v) is 7.66. The molecular weight excluding hydrogens is 280 g/mol. The van der Waals surface area contributed by atoms with Crippen molar-refractivity contribution in [3.8, 4) is 6.07 Å². The van der Waals surface area contributed by atoms with Crippen LogP contribution in [0.3, 0.4) is 0 Å². The molecule has 102 valence electrons. The van der Waals surface area contributed by atoms with Crippen molar-refractivity contribution in [1.29, 1.82) is 5.26 Å². The Bertz CT molecular complexity index is 570. The largest absolute Gasteiger partial charge is 0.243 e. The van der Waals surface area contributed by atoms with Crippen LogP contribution in [-0.2, 0) is 10.0 Å². The predicted octanol–water partition coefficient (Wildman–Crippen LogP) is 2.10. The molecular formula is C13H16N2O2S2. The van der Waals surface area contributed by atoms with Gasteiger partial charge in [-0.3, -0.25) is 0 Å². The molecule has 6 heteroatoms. The van der Waals surface area contributed by atoms with Crippen LogP contribution in [-0.4, -0.2) is 36.8 Å². The Balaban J connectivity index is 2.17. The number of thioether (sulfide) groups is 1. The van der Waals surface area contributed by atoms with E-state index in [-0.39, 0.29) is 0 Å². The first-order chi connectivity index (χ1) is 9.04. The van der Waals surface area contributed by atoms with Gasteiger partial charge in [0.25, 0.3) is 0 Å². The van der Waals surface area contributed by atoms with Crippen molar-refractivity contribution < 1.29 is 8.42 Å². The molecule has 1 aliphatic heterocycles. The zero-order chi connectivity index (χ0) is 13.9. The van der Waals surface area contributed by atoms with Crippen molar-refractivity contribution in [2.24, 2.45) is 0 Å². The van der Waals surface area contributed by atoms with Crippen LogP contribution >= 0.6 is 11.8 Å². The van der Waals surface area contributed by atoms with Crippen molar-refractivity contribution in [1.82, 2.24) is 4.31 Å². The quantitative estimate of drug-likeness (QED) is 0.857. The van der Waals surface area contributed by atoms with Gasteiger partial charge in [0.05, 0.1) is 11.0 Å². The highest BCUT2D eigenvalue weighted by molar-refractivity contribution is 8.00. The van der Waals surface area contributed by atoms with Gasteiger partial charge in [-0.15, -0.1) is 11.8 Å². The minimum Gasteiger partial charge on any atom is -0.207 e. The smallest absolute Gasteiger partial charge is 0.207 e. The highest BCUT2D eigenvalue weighted by Gasteiger charge is 2.38. The van der Waals surface area contributed by atoms with Crippen LogP contribution in [0.15, 0.2) is 35.2 Å². The normalized spacial score (nSPS) is 19.8. The summed E-state index contributed by atoms with van der Waals surface area (Å²) in [5.41, 5.74) is 0. The van der Waals surface area contributed by atoms with E-state index in [9.17, 15) is 13.7 Å². The molecule has 0 bridgehead atoms. The van der Waals surface area contributed by atoms with Gasteiger partial charge in [-0.2, -0.15) is 9.57 Å². The highest BCUT2D eigenvalue weighted by atomic mass is 32.2. The second kappa shape index (κ2) is 5.53. The van der Waals surface area contributed by atoms with Crippen LogP contribution in [0.25, 0.3) is 0 Å². The van der Waals surface area contributed by atoms with Crippen molar-refractivity contribution >= 4 is 21.8 Å². The first-order valence-electron chi connectivity index (χ1n) is 6.06. The van der Waals surface area contributed by atoms with E-state index in [2.05, 4.69) is 6.07 Å². The second-order valence-electron chi connectivity index (χ2n) is 4.53. The summed E-state index contributed by atoms with van der Waals surface area (Å²) in [7, 11) is -3.41. The van der Waals surface area contributed by atoms with Crippen LogP contribution in [0, 0.1) is 11.3 Å². The van der Waals surface area contributed by atoms with Gasteiger partial charge in [0.2, 0.25) is 10.0 Å². The average Bonchev–Trinajstić information content (AvgIpc) is 2.48. The Hall–Kier alpha value is -1.03. The fourth-order valence-corrected chi connectivity index (χ4v) is 4.34. The average molecular weight is 296 g/mol. The van der Waals surface area contributed by atoms with Crippen LogP contribution < -0.4 is 0 Å². The van der Waals surface area contributed by atoms with Gasteiger partial charge >= 0.3 is 0 Å². The number of nitriles is 1. The van der Waals surface area contributed by atoms with E-state index >= 15 is 0 Å². The molecule has 1 aromatic rings. The molecule has 0 radical (unpaired) electrons. The van der Waals surface area contributed by atoms with Crippen LogP contribution in [0.1, 0.15) is 12.8 Å². The number of benzene rings is 1. The molecule has 0 saturated carbocycles. The summed E-state index contributed by atoms with van der Waals surface area (Å²) in [6.07, 6.45) is 3.07. The fraction of sp³-hybridized carbons (Fsp3) is 0.462. The molecule has 1 heterocycles. The first-order valence-corrected chi connectivity index (χ1v) is 8.72. The Morgan fingerprint density at radius 3 is 2.32 bits per heavy atom. The van der Waals surface area contributed by atoms with E-state index in [1.165, 1.54) is 16.1 Å². The lowest BCUT2D eigenvalue weighted by atomic mass is 9.99. The molecule has 1 saturated heterocycles. The number of hydrogen-bond acceptors (Lipinski definition) is 4. The van der Waals surface area contributed by atoms with Gasteiger partial charge in [0, 0.05) is 13.1 Å². The van der Waals surface area contributed by atoms with E-state index in [4.69, 9.17) is 0 Å². The summed E-state index contributed by atoms with van der Waals surface area (Å²) >= 11 is 1.52. The van der Waals surface area contributed by atoms with E-state index in [0.29, 0.717) is 30.8 Å². The van der Waals surface area contributed by atoms with Gasteiger partial charge in [-0.1, -0.05) is 18.2 Å². The molecule has 0 atom stereocenters. The van der Waals surface area contributed by atoms with Crippen LogP contribution in [0.5, 0.6) is 0 Å². The van der Waals surface area contributed by atoms with Crippen LogP contribution in [0.2, 0.25) is 0 Å². The standard InChI is InChI=1S/C13H16N2O2S2/c1-18-13(11-14)7-9-15(10-8-13)19(16,17)12-5-3-2-4-6-12/h2-6H,7-10H2,1H3. The van der Waals surface area contributed by atoms with Gasteiger partial charge in [0.1, 0.15) is 4.75 Å². The summed E-state index contributed by atoms with van der Waals surface area (Å²) in [6.45, 7) is 0.817. The highest BCUT2D eigenvalue weighted by Crippen LogP contribution is 2.35. The Morgan fingerprint density at radius 1 is 1.26 bits per heavy atom. The SMILES string of the molecule is CSC1(C#N)CCN(S(=O)(=O)c2ccccc2)CC1. The fourth-order valence-electron chi connectivity index (χ4n) is 2.19. The summed E-state index contributed by atoms with van der Waals surface area (Å²) < 4.78 is 25.9. The van der Waals surface area contributed by atoms with Gasteiger partial charge in [0.15, 0.2) is 0 Å². The van der Waals surface area contributed by atoms with Gasteiger partial charge in [-0.05, 0) is 31.2 Å². The third-order valence-electron chi connectivity index (χ3n) is 3.51. The third-order valence-corrected chi connectivity index (χ3v) is 6.70. The minimum absolute atomic E-state index is 0.323. The maximum atomic E-state index is 12.4. The zero-order valence-electron chi connectivity index (χ0n) is 10.7. The number of hydrogen-bond donors (Lipinski definition) is 0. The molecule has 0 unspecified atom stereocenters. The topological polar surface area (TPSA) is 61.2 Å². The monoisotopic (exact) mass is 296 g/mol. The number of nitrogens with zero attached hydrogens (tertiary/aromatic N) is 2. The number of sulfonamides is 1. The predicted molar refractivity (Wildman–Crippen MR) is 76.3 cm³/mol. The molecule has 1 aromatic carbocycles. The lowest BCUT2D eigenvalue weighted by Gasteiger charge is -2.35. The maximum absolute atomic E-state index is 12.4. The minimum atomic E-state index is -3.41. The first kappa shape index (κ1) is 14.4. The molecule has 0 aliphatic carbocycles. The molecule has 2 rings (SSSR count). The molecule has 1 fully saturated rings. The molecule has 0 N–H and O–H groups in total. The third kappa shape index (κ3) is 2.78. The summed E-state index contributed by atoms with van der Waals surface area (Å²) in [4.78, 5) is 0.323. The van der Waals surface area contributed by atoms with Crippen molar-refractivity contribution in [3.05, 3.63) is 30.3 Å². The molecule has 0 spiro atoms. The Labute approximate surface area is 118 Å². The Morgan fingerprint density at radius 2 is 1.84 bits per heavy atom. The maximum Gasteiger partial charge on any atom is 0.243 e. The van der Waals surface area contributed by atoms with Gasteiger partial charge < -0.3 is 0 Å². The van der Waals surface area contributed by atoms with E-state index in [1.807, 2.05) is 6.26 Å². The molecule has 1 aliphatic rings. The van der Waals surface area contributed by atoms with E-state index < -0.39 is 14.8 Å². The van der Waals surface area contributed by atoms with Crippen LogP contribution in [0.4, 0.5) is 0 Å². The zero-order valence-corrected chi connectivity index (χ0v) is 12.4. The van der Waals surface area contributed by atoms with E-state index in [0.717, 1.165) is 0 Å². The lowest BCUT2D eigenvalue weighted by molar-refractivity contribution is 0.327. The molecule has 4 nitrogen and oxygen atoms in total. The van der Waals surface area contributed by atoms with Crippen molar-refractivity contribution in [2.75, 3.05) is 19.3 Å². The van der Waals surface area contributed by atoms with Crippen molar-refractivity contribution in [3.63, 3.8) is 0 Å². The summed E-state index contributed by atoms with van der Waals surface area (Å²) in [6, 6.07) is 10.8. The number of piperidine rings is 1. The molecule has 19 heavy (non-hydrogen) atoms. The Kier molecular flexibility index (Phi) is 4.19. The summed E-state index contributed by atoms with van der Waals surface area (Å²) in [5.74, 6) is 0. The van der Waals surface area contributed by atoms with Gasteiger partial charge in [-0.25, -0.2) is 8.42 Å².